The molecule has 3 aliphatic rings. The summed E-state index contributed by atoms with van der Waals surface area (Å²) in [5.41, 5.74) is 7.48. The normalized spacial score (nSPS) is 36.1. The average molecular weight is 223 g/mol. The molecule has 4 N–H and O–H groups in total. The van der Waals surface area contributed by atoms with Crippen LogP contribution in [0, 0.1) is 0 Å². The predicted molar refractivity (Wildman–Crippen MR) is 63.9 cm³/mol. The van der Waals surface area contributed by atoms with Crippen LogP contribution in [0.1, 0.15) is 0 Å². The molecular formula is C11H21N5. The van der Waals surface area contributed by atoms with Crippen LogP contribution < -0.4 is 16.4 Å². The van der Waals surface area contributed by atoms with Gasteiger partial charge >= 0.3 is 0 Å². The number of hydrogen-bond donors (Lipinski definition) is 3. The molecule has 3 heterocycles. The van der Waals surface area contributed by atoms with Gasteiger partial charge in [-0.2, -0.15) is 0 Å². The van der Waals surface area contributed by atoms with Crippen LogP contribution in [0.2, 0.25) is 0 Å². The van der Waals surface area contributed by atoms with Gasteiger partial charge in [0.15, 0.2) is 0 Å². The standard InChI is InChI=1S/C11H21N5/c12-9-7-13-2-1-10(9)16-6-5-15-4-3-14-11(15)8-16/h1,9,11,13-14H,2-8,12H2. The summed E-state index contributed by atoms with van der Waals surface area (Å²) >= 11 is 0. The molecule has 2 saturated heterocycles. The Morgan fingerprint density at radius 2 is 2.25 bits per heavy atom. The molecular weight excluding hydrogens is 202 g/mol. The molecule has 5 nitrogen and oxygen atoms in total. The topological polar surface area (TPSA) is 56.6 Å². The van der Waals surface area contributed by atoms with Gasteiger partial charge in [-0.3, -0.25) is 10.2 Å². The lowest BCUT2D eigenvalue weighted by Gasteiger charge is -2.42. The van der Waals surface area contributed by atoms with Crippen LogP contribution in [0.3, 0.4) is 0 Å². The molecule has 3 rings (SSSR count). The van der Waals surface area contributed by atoms with Crippen molar-refractivity contribution in [1.82, 2.24) is 20.4 Å². The summed E-state index contributed by atoms with van der Waals surface area (Å²) in [6.07, 6.45) is 2.79. The highest BCUT2D eigenvalue weighted by Gasteiger charge is 2.32. The lowest BCUT2D eigenvalue weighted by molar-refractivity contribution is 0.114. The molecule has 0 aliphatic carbocycles. The maximum Gasteiger partial charge on any atom is 0.0779 e. The highest BCUT2D eigenvalue weighted by Crippen LogP contribution is 2.18. The van der Waals surface area contributed by atoms with E-state index >= 15 is 0 Å². The molecule has 0 aromatic heterocycles. The molecule has 0 radical (unpaired) electrons. The largest absolute Gasteiger partial charge is 0.370 e. The first-order valence-corrected chi connectivity index (χ1v) is 6.23. The molecule has 0 spiro atoms. The van der Waals surface area contributed by atoms with Crippen molar-refractivity contribution in [1.29, 1.82) is 0 Å². The lowest BCUT2D eigenvalue weighted by Crippen LogP contribution is -2.56. The minimum absolute atomic E-state index is 0.168. The summed E-state index contributed by atoms with van der Waals surface area (Å²) < 4.78 is 0. The van der Waals surface area contributed by atoms with E-state index in [-0.39, 0.29) is 6.04 Å². The molecule has 2 atom stereocenters. The van der Waals surface area contributed by atoms with Crippen LogP contribution >= 0.6 is 0 Å². The van der Waals surface area contributed by atoms with Crippen LogP contribution in [-0.4, -0.2) is 67.8 Å². The van der Waals surface area contributed by atoms with Gasteiger partial charge in [-0.15, -0.1) is 0 Å². The van der Waals surface area contributed by atoms with Crippen molar-refractivity contribution in [2.24, 2.45) is 5.73 Å². The van der Waals surface area contributed by atoms with E-state index in [0.717, 1.165) is 39.3 Å². The second-order valence-corrected chi connectivity index (χ2v) is 4.85. The van der Waals surface area contributed by atoms with Gasteiger partial charge in [0.2, 0.25) is 0 Å². The van der Waals surface area contributed by atoms with Crippen molar-refractivity contribution in [3.63, 3.8) is 0 Å². The van der Waals surface area contributed by atoms with Crippen LogP contribution in [0.15, 0.2) is 11.8 Å². The second-order valence-electron chi connectivity index (χ2n) is 4.85. The number of rotatable bonds is 1. The Kier molecular flexibility index (Phi) is 2.85. The Hall–Kier alpha value is -0.620. The molecule has 90 valence electrons. The number of piperazine rings is 1. The quantitative estimate of drug-likeness (QED) is 0.497. The van der Waals surface area contributed by atoms with Crippen molar-refractivity contribution in [3.8, 4) is 0 Å². The SMILES string of the molecule is NC1CNCC=C1N1CCN2CCNC2C1. The van der Waals surface area contributed by atoms with Gasteiger partial charge in [-0.05, 0) is 6.08 Å². The van der Waals surface area contributed by atoms with Gasteiger partial charge in [-0.25, -0.2) is 0 Å². The van der Waals surface area contributed by atoms with E-state index in [1.807, 2.05) is 0 Å². The van der Waals surface area contributed by atoms with E-state index < -0.39 is 0 Å². The minimum atomic E-state index is 0.168. The van der Waals surface area contributed by atoms with E-state index in [9.17, 15) is 0 Å². The zero-order chi connectivity index (χ0) is 11.0. The summed E-state index contributed by atoms with van der Waals surface area (Å²) in [5.74, 6) is 0. The van der Waals surface area contributed by atoms with Gasteiger partial charge in [0.05, 0.1) is 12.2 Å². The van der Waals surface area contributed by atoms with Crippen molar-refractivity contribution in [2.75, 3.05) is 45.8 Å². The van der Waals surface area contributed by atoms with Gasteiger partial charge < -0.3 is 16.0 Å². The highest BCUT2D eigenvalue weighted by atomic mass is 15.4. The fourth-order valence-electron chi connectivity index (χ4n) is 2.93. The van der Waals surface area contributed by atoms with Crippen LogP contribution in [0.25, 0.3) is 0 Å². The fourth-order valence-corrected chi connectivity index (χ4v) is 2.93. The van der Waals surface area contributed by atoms with E-state index in [0.29, 0.717) is 6.17 Å². The number of hydrogen-bond acceptors (Lipinski definition) is 5. The Balaban J connectivity index is 1.69. The average Bonchev–Trinajstić information content (AvgIpc) is 2.76. The summed E-state index contributed by atoms with van der Waals surface area (Å²) in [6.45, 7) is 7.56. The molecule has 0 aromatic rings. The van der Waals surface area contributed by atoms with Gasteiger partial charge in [0, 0.05) is 51.5 Å². The lowest BCUT2D eigenvalue weighted by atomic mass is 10.1. The maximum atomic E-state index is 6.14. The Labute approximate surface area is 96.6 Å². The maximum absolute atomic E-state index is 6.14. The number of fused-ring (bicyclic) bond motifs is 1. The van der Waals surface area contributed by atoms with E-state index in [1.54, 1.807) is 0 Å². The third-order valence-corrected chi connectivity index (χ3v) is 3.84. The van der Waals surface area contributed by atoms with Gasteiger partial charge in [-0.1, -0.05) is 0 Å². The molecule has 0 bridgehead atoms. The monoisotopic (exact) mass is 223 g/mol. The summed E-state index contributed by atoms with van der Waals surface area (Å²) in [6, 6.07) is 0.168. The molecule has 3 aliphatic heterocycles. The smallest absolute Gasteiger partial charge is 0.0779 e. The van der Waals surface area contributed by atoms with E-state index in [1.165, 1.54) is 12.2 Å². The van der Waals surface area contributed by atoms with E-state index in [2.05, 4.69) is 26.5 Å². The molecule has 16 heavy (non-hydrogen) atoms. The molecule has 0 aromatic carbocycles. The van der Waals surface area contributed by atoms with E-state index in [4.69, 9.17) is 5.73 Å². The minimum Gasteiger partial charge on any atom is -0.370 e. The zero-order valence-corrected chi connectivity index (χ0v) is 9.65. The number of nitrogens with two attached hydrogens (primary N) is 1. The molecule has 0 saturated carbocycles. The first kappa shape index (κ1) is 10.5. The van der Waals surface area contributed by atoms with Crippen molar-refractivity contribution < 1.29 is 0 Å². The molecule has 2 unspecified atom stereocenters. The first-order chi connectivity index (χ1) is 7.84. The van der Waals surface area contributed by atoms with Crippen LogP contribution in [0.5, 0.6) is 0 Å². The third-order valence-electron chi connectivity index (χ3n) is 3.84. The second kappa shape index (κ2) is 4.33. The fraction of sp³-hybridized carbons (Fsp3) is 0.818. The Bertz CT molecular complexity index is 290. The predicted octanol–water partition coefficient (Wildman–Crippen LogP) is -1.65. The van der Waals surface area contributed by atoms with Gasteiger partial charge in [0.1, 0.15) is 0 Å². The Morgan fingerprint density at radius 3 is 3.12 bits per heavy atom. The summed E-state index contributed by atoms with van der Waals surface area (Å²) in [4.78, 5) is 4.99. The van der Waals surface area contributed by atoms with Gasteiger partial charge in [0.25, 0.3) is 0 Å². The summed E-state index contributed by atoms with van der Waals surface area (Å²) in [5, 5.41) is 6.84. The summed E-state index contributed by atoms with van der Waals surface area (Å²) in [7, 11) is 0. The zero-order valence-electron chi connectivity index (χ0n) is 9.65. The first-order valence-electron chi connectivity index (χ1n) is 6.23. The molecule has 0 amide bonds. The number of nitrogens with zero attached hydrogens (tertiary/aromatic N) is 2. The van der Waals surface area contributed by atoms with Crippen molar-refractivity contribution >= 4 is 0 Å². The van der Waals surface area contributed by atoms with Crippen LogP contribution in [0.4, 0.5) is 0 Å². The Morgan fingerprint density at radius 1 is 1.31 bits per heavy atom. The van der Waals surface area contributed by atoms with Crippen LogP contribution in [-0.2, 0) is 0 Å². The third kappa shape index (κ3) is 1.84. The highest BCUT2D eigenvalue weighted by molar-refractivity contribution is 5.15. The van der Waals surface area contributed by atoms with Crippen molar-refractivity contribution in [3.05, 3.63) is 11.8 Å². The van der Waals surface area contributed by atoms with Crippen molar-refractivity contribution in [2.45, 2.75) is 12.2 Å². The number of nitrogens with one attached hydrogen (secondary N) is 2. The molecule has 2 fully saturated rings. The molecule has 5 heteroatoms.